The smallest absolute Gasteiger partial charge is 0.0564 e. The van der Waals surface area contributed by atoms with Crippen LogP contribution in [0.15, 0.2) is 0 Å². The fourth-order valence-corrected chi connectivity index (χ4v) is 0. The Hall–Kier alpha value is 0.580. The molecule has 0 nitrogen and oxygen atoms in total. The number of halogens is 2. The highest BCUT2D eigenvalue weighted by molar-refractivity contribution is 5.85. The first-order chi connectivity index (χ1) is 3.83. The monoisotopic (exact) mass is 188 g/mol. The topological polar surface area (TPSA) is 0 Å². The lowest BCUT2D eigenvalue weighted by Crippen LogP contribution is -1.47. The zero-order chi connectivity index (χ0) is 6.83. The molecule has 0 unspecified atom stereocenters. The van der Waals surface area contributed by atoms with Crippen molar-refractivity contribution >= 4 is 24.8 Å². The van der Waals surface area contributed by atoms with E-state index < -0.39 is 0 Å². The highest BCUT2D eigenvalue weighted by atomic mass is 35.5. The summed E-state index contributed by atoms with van der Waals surface area (Å²) in [6.07, 6.45) is 5.28. The second-order valence-electron chi connectivity index (χ2n) is 2.00. The van der Waals surface area contributed by atoms with Gasteiger partial charge in [0.1, 0.15) is 0 Å². The summed E-state index contributed by atoms with van der Waals surface area (Å²) in [5.74, 6) is 0. The summed E-state index contributed by atoms with van der Waals surface area (Å²) in [4.78, 5) is 0. The summed E-state index contributed by atoms with van der Waals surface area (Å²) in [6.45, 7) is 8.72. The Labute approximate surface area is 78.6 Å². The van der Waals surface area contributed by atoms with Gasteiger partial charge >= 0.3 is 0 Å². The lowest BCUT2D eigenvalue weighted by atomic mass is 10.4. The van der Waals surface area contributed by atoms with E-state index in [1.165, 1.54) is 25.7 Å². The lowest BCUT2D eigenvalue weighted by Gasteiger charge is -1.68. The summed E-state index contributed by atoms with van der Waals surface area (Å²) in [6, 6.07) is 0. The fraction of sp³-hybridized carbons (Fsp3) is 1.00. The molecule has 2 heteroatoms. The van der Waals surface area contributed by atoms with Crippen molar-refractivity contribution < 1.29 is 0 Å². The van der Waals surface area contributed by atoms with Crippen LogP contribution < -0.4 is 0 Å². The molecule has 0 aromatic carbocycles. The second-order valence-corrected chi connectivity index (χ2v) is 2.00. The number of rotatable bonds is 2. The molecule has 0 atom stereocenters. The quantitative estimate of drug-likeness (QED) is 0.601. The first-order valence-corrected chi connectivity index (χ1v) is 3.83. The van der Waals surface area contributed by atoms with Crippen LogP contribution >= 0.6 is 24.8 Å². The van der Waals surface area contributed by atoms with Gasteiger partial charge in [0.05, 0.1) is 0 Å². The highest BCUT2D eigenvalue weighted by Gasteiger charge is 1.56. The summed E-state index contributed by atoms with van der Waals surface area (Å²) >= 11 is 0. The molecule has 0 aliphatic carbocycles. The molecule has 0 radical (unpaired) electrons. The van der Waals surface area contributed by atoms with Gasteiger partial charge in [-0.3, -0.25) is 0 Å². The van der Waals surface area contributed by atoms with E-state index in [9.17, 15) is 0 Å². The van der Waals surface area contributed by atoms with Gasteiger partial charge in [-0.05, 0) is 0 Å². The molecule has 0 bridgehead atoms. The van der Waals surface area contributed by atoms with E-state index in [1.807, 2.05) is 0 Å². The SMILES string of the molecule is CCCC.CCCC.Cl.Cl. The summed E-state index contributed by atoms with van der Waals surface area (Å²) in [7, 11) is 0. The molecule has 0 aromatic rings. The summed E-state index contributed by atoms with van der Waals surface area (Å²) in [5.41, 5.74) is 0. The molecule has 68 valence electrons. The van der Waals surface area contributed by atoms with Crippen molar-refractivity contribution in [1.29, 1.82) is 0 Å². The second kappa shape index (κ2) is 33.6. The van der Waals surface area contributed by atoms with Crippen LogP contribution in [-0.4, -0.2) is 0 Å². The maximum Gasteiger partial charge on any atom is -0.0564 e. The molecule has 0 amide bonds. The molecule has 0 aliphatic heterocycles. The van der Waals surface area contributed by atoms with Gasteiger partial charge in [-0.25, -0.2) is 0 Å². The molecular formula is C8H22Cl2. The third-order valence-corrected chi connectivity index (χ3v) is 1.000. The maximum atomic E-state index is 2.18. The average Bonchev–Trinajstić information content (AvgIpc) is 1.88. The Morgan fingerprint density at radius 2 is 0.600 bits per heavy atom. The Morgan fingerprint density at radius 1 is 0.500 bits per heavy atom. The van der Waals surface area contributed by atoms with Crippen LogP contribution in [0.3, 0.4) is 0 Å². The predicted octanol–water partition coefficient (Wildman–Crippen LogP) is 4.46. The summed E-state index contributed by atoms with van der Waals surface area (Å²) < 4.78 is 0. The van der Waals surface area contributed by atoms with Crippen molar-refractivity contribution in [3.05, 3.63) is 0 Å². The predicted molar refractivity (Wildman–Crippen MR) is 55.7 cm³/mol. The van der Waals surface area contributed by atoms with Gasteiger partial charge in [-0.15, -0.1) is 24.8 Å². The van der Waals surface area contributed by atoms with Crippen molar-refractivity contribution in [3.63, 3.8) is 0 Å². The molecule has 0 aliphatic rings. The third-order valence-electron chi connectivity index (χ3n) is 1.000. The van der Waals surface area contributed by atoms with Gasteiger partial charge in [0.15, 0.2) is 0 Å². The highest BCUT2D eigenvalue weighted by Crippen LogP contribution is 1.77. The molecule has 0 fully saturated rings. The first kappa shape index (κ1) is 22.4. The molecule has 0 aromatic heterocycles. The van der Waals surface area contributed by atoms with Crippen LogP contribution in [-0.2, 0) is 0 Å². The third kappa shape index (κ3) is 74.1. The molecule has 0 heterocycles. The van der Waals surface area contributed by atoms with E-state index in [0.29, 0.717) is 0 Å². The van der Waals surface area contributed by atoms with Gasteiger partial charge in [0.2, 0.25) is 0 Å². The molecule has 0 saturated carbocycles. The Morgan fingerprint density at radius 3 is 0.600 bits per heavy atom. The van der Waals surface area contributed by atoms with Crippen molar-refractivity contribution in [2.45, 2.75) is 53.4 Å². The van der Waals surface area contributed by atoms with Crippen LogP contribution in [0.2, 0.25) is 0 Å². The normalized spacial score (nSPS) is 6.00. The number of unbranched alkanes of at least 4 members (excludes halogenated alkanes) is 2. The zero-order valence-corrected chi connectivity index (χ0v) is 9.28. The van der Waals surface area contributed by atoms with Crippen molar-refractivity contribution in [2.75, 3.05) is 0 Å². The maximum absolute atomic E-state index is 2.18. The summed E-state index contributed by atoms with van der Waals surface area (Å²) in [5, 5.41) is 0. The van der Waals surface area contributed by atoms with E-state index in [4.69, 9.17) is 0 Å². The average molecular weight is 189 g/mol. The first-order valence-electron chi connectivity index (χ1n) is 3.83. The van der Waals surface area contributed by atoms with Gasteiger partial charge in [0.25, 0.3) is 0 Å². The van der Waals surface area contributed by atoms with Crippen molar-refractivity contribution in [2.24, 2.45) is 0 Å². The molecule has 0 spiro atoms. The van der Waals surface area contributed by atoms with Crippen LogP contribution in [0.1, 0.15) is 53.4 Å². The lowest BCUT2D eigenvalue weighted by molar-refractivity contribution is 0.886. The molecule has 0 saturated heterocycles. The van der Waals surface area contributed by atoms with Crippen molar-refractivity contribution in [1.82, 2.24) is 0 Å². The minimum atomic E-state index is 0. The largest absolute Gasteiger partial charge is 0.147 e. The molecule has 0 rings (SSSR count). The van der Waals surface area contributed by atoms with Crippen LogP contribution in [0.5, 0.6) is 0 Å². The van der Waals surface area contributed by atoms with E-state index in [2.05, 4.69) is 27.7 Å². The van der Waals surface area contributed by atoms with Gasteiger partial charge in [0, 0.05) is 0 Å². The molecule has 0 N–H and O–H groups in total. The zero-order valence-electron chi connectivity index (χ0n) is 7.64. The van der Waals surface area contributed by atoms with Gasteiger partial charge in [-0.2, -0.15) is 0 Å². The van der Waals surface area contributed by atoms with E-state index in [0.717, 1.165) is 0 Å². The molecular weight excluding hydrogens is 167 g/mol. The Bertz CT molecular complexity index is 15.2. The van der Waals surface area contributed by atoms with E-state index in [-0.39, 0.29) is 24.8 Å². The Kier molecular flexibility index (Phi) is 75.4. The Balaban J connectivity index is -0.0000000300. The van der Waals surface area contributed by atoms with Crippen LogP contribution in [0, 0.1) is 0 Å². The van der Waals surface area contributed by atoms with E-state index >= 15 is 0 Å². The molecule has 10 heavy (non-hydrogen) atoms. The van der Waals surface area contributed by atoms with Gasteiger partial charge in [-0.1, -0.05) is 53.4 Å². The number of hydrogen-bond acceptors (Lipinski definition) is 0. The van der Waals surface area contributed by atoms with Gasteiger partial charge < -0.3 is 0 Å². The standard InChI is InChI=1S/2C4H10.2ClH/c2*1-3-4-2;;/h2*3-4H2,1-2H3;2*1H. The minimum absolute atomic E-state index is 0. The van der Waals surface area contributed by atoms with E-state index in [1.54, 1.807) is 0 Å². The van der Waals surface area contributed by atoms with Crippen molar-refractivity contribution in [3.8, 4) is 0 Å². The fourth-order valence-electron chi connectivity index (χ4n) is 0. The van der Waals surface area contributed by atoms with Crippen LogP contribution in [0.25, 0.3) is 0 Å². The van der Waals surface area contributed by atoms with Crippen LogP contribution in [0.4, 0.5) is 0 Å². The minimum Gasteiger partial charge on any atom is -0.147 e. The number of hydrogen-bond donors (Lipinski definition) is 0.